The van der Waals surface area contributed by atoms with Gasteiger partial charge in [-0.3, -0.25) is 9.59 Å². The highest BCUT2D eigenvalue weighted by atomic mass is 16.3. The van der Waals surface area contributed by atoms with Crippen LogP contribution in [0, 0.1) is 6.92 Å². The molecular weight excluding hydrogens is 334 g/mol. The summed E-state index contributed by atoms with van der Waals surface area (Å²) in [4.78, 5) is 33.5. The normalized spacial score (nSPS) is 18.3. The molecule has 0 spiro atoms. The molecule has 140 valence electrons. The Hall–Kier alpha value is -2.45. The predicted molar refractivity (Wildman–Crippen MR) is 97.9 cm³/mol. The molecule has 8 nitrogen and oxygen atoms in total. The number of aliphatic hydroxyl groups is 1. The Balaban J connectivity index is 1.92. The van der Waals surface area contributed by atoms with E-state index < -0.39 is 6.04 Å². The molecule has 26 heavy (non-hydrogen) atoms. The Morgan fingerprint density at radius 2 is 2.12 bits per heavy atom. The molecule has 2 aromatic rings. The molecular formula is C18H25N5O3. The van der Waals surface area contributed by atoms with Gasteiger partial charge in [0.2, 0.25) is 5.91 Å². The van der Waals surface area contributed by atoms with E-state index in [4.69, 9.17) is 0 Å². The van der Waals surface area contributed by atoms with Crippen molar-refractivity contribution in [2.24, 2.45) is 0 Å². The first-order chi connectivity index (χ1) is 12.5. The van der Waals surface area contributed by atoms with Gasteiger partial charge >= 0.3 is 0 Å². The lowest BCUT2D eigenvalue weighted by atomic mass is 10.1. The van der Waals surface area contributed by atoms with Crippen LogP contribution in [0.4, 0.5) is 0 Å². The molecule has 2 N–H and O–H groups in total. The van der Waals surface area contributed by atoms with Crippen LogP contribution in [0.1, 0.15) is 16.2 Å². The van der Waals surface area contributed by atoms with E-state index in [2.05, 4.69) is 10.3 Å². The van der Waals surface area contributed by atoms with Crippen molar-refractivity contribution >= 4 is 22.8 Å². The zero-order valence-corrected chi connectivity index (χ0v) is 15.4. The quantitative estimate of drug-likeness (QED) is 0.792. The second-order valence-corrected chi connectivity index (χ2v) is 6.63. The zero-order chi connectivity index (χ0) is 18.8. The lowest BCUT2D eigenvalue weighted by Crippen LogP contribution is -2.59. The van der Waals surface area contributed by atoms with Crippen LogP contribution in [0.15, 0.2) is 18.2 Å². The fraction of sp³-hybridized carbons (Fsp3) is 0.500. The molecule has 0 aliphatic carbocycles. The molecule has 0 radical (unpaired) electrons. The molecule has 0 saturated carbocycles. The van der Waals surface area contributed by atoms with E-state index in [1.807, 2.05) is 29.5 Å². The van der Waals surface area contributed by atoms with Gasteiger partial charge in [-0.25, -0.2) is 4.98 Å². The number of hydrogen-bond acceptors (Lipinski definition) is 5. The number of likely N-dealkylation sites (N-methyl/N-ethyl adjacent to an activating group) is 2. The molecule has 3 rings (SSSR count). The molecule has 1 aromatic heterocycles. The van der Waals surface area contributed by atoms with E-state index in [1.54, 1.807) is 24.1 Å². The third kappa shape index (κ3) is 3.30. The highest BCUT2D eigenvalue weighted by molar-refractivity contribution is 6.00. The first-order valence-corrected chi connectivity index (χ1v) is 8.75. The number of aromatic nitrogens is 2. The van der Waals surface area contributed by atoms with Gasteiger partial charge in [0.05, 0.1) is 17.6 Å². The Morgan fingerprint density at radius 1 is 1.35 bits per heavy atom. The van der Waals surface area contributed by atoms with Gasteiger partial charge < -0.3 is 24.8 Å². The number of aliphatic hydroxyl groups excluding tert-OH is 1. The van der Waals surface area contributed by atoms with E-state index >= 15 is 0 Å². The van der Waals surface area contributed by atoms with Crippen LogP contribution < -0.4 is 5.32 Å². The summed E-state index contributed by atoms with van der Waals surface area (Å²) in [5.41, 5.74) is 2.12. The average molecular weight is 359 g/mol. The zero-order valence-electron chi connectivity index (χ0n) is 15.4. The summed E-state index contributed by atoms with van der Waals surface area (Å²) < 4.78 is 1.92. The summed E-state index contributed by atoms with van der Waals surface area (Å²) in [5.74, 6) is 0.471. The first-order valence-electron chi connectivity index (χ1n) is 8.75. The second kappa shape index (κ2) is 7.43. The number of fused-ring (bicyclic) bond motifs is 1. The number of carbonyl (C=O) groups is 2. The molecule has 2 heterocycles. The highest BCUT2D eigenvalue weighted by Crippen LogP contribution is 2.20. The van der Waals surface area contributed by atoms with Crippen LogP contribution in [0.5, 0.6) is 0 Å². The van der Waals surface area contributed by atoms with Gasteiger partial charge in [0, 0.05) is 38.8 Å². The SMILES string of the molecule is CNC(=O)C1CN(C)CCN1C(=O)c1ccc2c(c1)nc(C)n2CCO. The largest absolute Gasteiger partial charge is 0.395 e. The van der Waals surface area contributed by atoms with Crippen molar-refractivity contribution in [3.8, 4) is 0 Å². The van der Waals surface area contributed by atoms with E-state index in [0.717, 1.165) is 17.9 Å². The van der Waals surface area contributed by atoms with Gasteiger partial charge in [0.15, 0.2) is 0 Å². The number of carbonyl (C=O) groups excluding carboxylic acids is 2. The van der Waals surface area contributed by atoms with Crippen molar-refractivity contribution in [1.82, 2.24) is 24.7 Å². The van der Waals surface area contributed by atoms with E-state index in [-0.39, 0.29) is 18.4 Å². The maximum Gasteiger partial charge on any atom is 0.254 e. The van der Waals surface area contributed by atoms with Crippen molar-refractivity contribution in [3.63, 3.8) is 0 Å². The summed E-state index contributed by atoms with van der Waals surface area (Å²) in [6.07, 6.45) is 0. The monoisotopic (exact) mass is 359 g/mol. The molecule has 2 amide bonds. The fourth-order valence-corrected chi connectivity index (χ4v) is 3.48. The molecule has 1 unspecified atom stereocenters. The summed E-state index contributed by atoms with van der Waals surface area (Å²) in [6, 6.07) is 4.87. The topological polar surface area (TPSA) is 90.7 Å². The van der Waals surface area contributed by atoms with Crippen molar-refractivity contribution in [3.05, 3.63) is 29.6 Å². The maximum atomic E-state index is 13.1. The Kier molecular flexibility index (Phi) is 5.24. The van der Waals surface area contributed by atoms with Crippen LogP contribution in [0.2, 0.25) is 0 Å². The minimum absolute atomic E-state index is 0.0298. The summed E-state index contributed by atoms with van der Waals surface area (Å²) >= 11 is 0. The number of hydrogen-bond donors (Lipinski definition) is 2. The number of amides is 2. The highest BCUT2D eigenvalue weighted by Gasteiger charge is 2.34. The molecule has 1 saturated heterocycles. The number of piperazine rings is 1. The van der Waals surface area contributed by atoms with E-state index in [1.165, 1.54) is 0 Å². The van der Waals surface area contributed by atoms with Gasteiger partial charge in [-0.1, -0.05) is 0 Å². The van der Waals surface area contributed by atoms with Crippen molar-refractivity contribution in [2.45, 2.75) is 19.5 Å². The van der Waals surface area contributed by atoms with Crippen LogP contribution in [0.25, 0.3) is 11.0 Å². The lowest BCUT2D eigenvalue weighted by Gasteiger charge is -2.38. The maximum absolute atomic E-state index is 13.1. The summed E-state index contributed by atoms with van der Waals surface area (Å²) in [6.45, 7) is 4.11. The van der Waals surface area contributed by atoms with Crippen molar-refractivity contribution in [1.29, 1.82) is 0 Å². The minimum atomic E-state index is -0.504. The van der Waals surface area contributed by atoms with Crippen molar-refractivity contribution in [2.75, 3.05) is 40.3 Å². The third-order valence-corrected chi connectivity index (χ3v) is 4.90. The second-order valence-electron chi connectivity index (χ2n) is 6.63. The standard InChI is InChI=1S/C18H25N5O3/c1-12-20-14-10-13(4-5-15(14)22(12)8-9-24)18(26)23-7-6-21(3)11-16(23)17(25)19-2/h4-5,10,16,24H,6-9,11H2,1-3H3,(H,19,25). The van der Waals surface area contributed by atoms with Crippen LogP contribution in [-0.2, 0) is 11.3 Å². The molecule has 1 aliphatic rings. The third-order valence-electron chi connectivity index (χ3n) is 4.90. The van der Waals surface area contributed by atoms with Crippen molar-refractivity contribution < 1.29 is 14.7 Å². The van der Waals surface area contributed by atoms with Gasteiger partial charge in [-0.05, 0) is 32.2 Å². The molecule has 1 atom stereocenters. The van der Waals surface area contributed by atoms with Gasteiger partial charge in [-0.2, -0.15) is 0 Å². The Morgan fingerprint density at radius 3 is 2.81 bits per heavy atom. The van der Waals surface area contributed by atoms with Crippen LogP contribution in [0.3, 0.4) is 0 Å². The van der Waals surface area contributed by atoms with Crippen LogP contribution in [-0.4, -0.2) is 82.7 Å². The van der Waals surface area contributed by atoms with Crippen LogP contribution >= 0.6 is 0 Å². The van der Waals surface area contributed by atoms with E-state index in [0.29, 0.717) is 30.7 Å². The summed E-state index contributed by atoms with van der Waals surface area (Å²) in [7, 11) is 3.53. The molecule has 8 heteroatoms. The van der Waals surface area contributed by atoms with E-state index in [9.17, 15) is 14.7 Å². The average Bonchev–Trinajstić information content (AvgIpc) is 2.95. The Labute approximate surface area is 152 Å². The molecule has 0 bridgehead atoms. The predicted octanol–water partition coefficient (Wildman–Crippen LogP) is -0.161. The summed E-state index contributed by atoms with van der Waals surface area (Å²) in [5, 5.41) is 11.9. The number of aryl methyl sites for hydroxylation is 1. The smallest absolute Gasteiger partial charge is 0.254 e. The van der Waals surface area contributed by atoms with Gasteiger partial charge in [0.1, 0.15) is 11.9 Å². The minimum Gasteiger partial charge on any atom is -0.395 e. The molecule has 1 aromatic carbocycles. The molecule has 1 aliphatic heterocycles. The lowest BCUT2D eigenvalue weighted by molar-refractivity contribution is -0.126. The molecule has 1 fully saturated rings. The van der Waals surface area contributed by atoms with Gasteiger partial charge in [-0.15, -0.1) is 0 Å². The number of nitrogens with one attached hydrogen (secondary N) is 1. The Bertz CT molecular complexity index is 832. The number of imidazole rings is 1. The number of benzene rings is 1. The van der Waals surface area contributed by atoms with Gasteiger partial charge in [0.25, 0.3) is 5.91 Å². The number of rotatable bonds is 4. The first kappa shape index (κ1) is 18.3. The number of nitrogens with zero attached hydrogens (tertiary/aromatic N) is 4. The fourth-order valence-electron chi connectivity index (χ4n) is 3.48.